The number of carbonyl (C=O) groups excluding carboxylic acids is 2. The second-order valence-corrected chi connectivity index (χ2v) is 6.87. The van der Waals surface area contributed by atoms with Crippen molar-refractivity contribution >= 4 is 23.3 Å². The van der Waals surface area contributed by atoms with Crippen molar-refractivity contribution in [2.45, 2.75) is 33.1 Å². The van der Waals surface area contributed by atoms with E-state index >= 15 is 0 Å². The lowest BCUT2D eigenvalue weighted by Crippen LogP contribution is -2.46. The number of benzene rings is 1. The molecular formula is C18H28N4O2. The first-order valence-corrected chi connectivity index (χ1v) is 8.63. The lowest BCUT2D eigenvalue weighted by Gasteiger charge is -2.32. The molecule has 1 aromatic carbocycles. The van der Waals surface area contributed by atoms with Gasteiger partial charge in [-0.3, -0.25) is 4.79 Å². The Hall–Kier alpha value is -2.24. The minimum atomic E-state index is -0.0534. The minimum Gasteiger partial charge on any atom is -0.397 e. The number of nitrogens with two attached hydrogens (primary N) is 1. The van der Waals surface area contributed by atoms with Gasteiger partial charge in [-0.05, 0) is 36.8 Å². The van der Waals surface area contributed by atoms with Crippen LogP contribution in [0.4, 0.5) is 16.2 Å². The molecule has 1 fully saturated rings. The topological polar surface area (TPSA) is 87.5 Å². The molecule has 2 rings (SSSR count). The summed E-state index contributed by atoms with van der Waals surface area (Å²) in [6.07, 6.45) is 2.30. The van der Waals surface area contributed by atoms with Gasteiger partial charge in [0.2, 0.25) is 5.91 Å². The summed E-state index contributed by atoms with van der Waals surface area (Å²) in [5.74, 6) is 0.562. The summed E-state index contributed by atoms with van der Waals surface area (Å²) < 4.78 is 0. The molecule has 0 aliphatic carbocycles. The Bertz CT molecular complexity index is 574. The standard InChI is InChI=1S/C18H28N4O2/c1-13(2)11-20-18(24)22-9-5-6-14(12-22)10-17(23)21-16-8-4-3-7-15(16)19/h3-4,7-8,13-14H,5-6,9-12,19H2,1-2H3,(H,20,24)(H,21,23). The van der Waals surface area contributed by atoms with Crippen molar-refractivity contribution in [1.82, 2.24) is 10.2 Å². The first kappa shape index (κ1) is 18.1. The number of carbonyl (C=O) groups is 2. The number of anilines is 2. The number of amides is 3. The predicted octanol–water partition coefficient (Wildman–Crippen LogP) is 2.68. The number of nitrogens with zero attached hydrogens (tertiary/aromatic N) is 1. The van der Waals surface area contributed by atoms with Crippen LogP contribution in [0, 0.1) is 11.8 Å². The summed E-state index contributed by atoms with van der Waals surface area (Å²) >= 11 is 0. The Morgan fingerprint density at radius 3 is 2.79 bits per heavy atom. The van der Waals surface area contributed by atoms with Gasteiger partial charge < -0.3 is 21.3 Å². The van der Waals surface area contributed by atoms with E-state index in [1.807, 2.05) is 17.0 Å². The van der Waals surface area contributed by atoms with Crippen LogP contribution in [0.1, 0.15) is 33.1 Å². The Morgan fingerprint density at radius 2 is 2.08 bits per heavy atom. The van der Waals surface area contributed by atoms with Gasteiger partial charge in [0, 0.05) is 26.1 Å². The molecule has 1 aliphatic rings. The molecule has 1 saturated heterocycles. The summed E-state index contributed by atoms with van der Waals surface area (Å²) in [5, 5.41) is 5.80. The van der Waals surface area contributed by atoms with Crippen LogP contribution in [0.15, 0.2) is 24.3 Å². The highest BCUT2D eigenvalue weighted by Gasteiger charge is 2.25. The summed E-state index contributed by atoms with van der Waals surface area (Å²) in [7, 11) is 0. The highest BCUT2D eigenvalue weighted by Crippen LogP contribution is 2.22. The minimum absolute atomic E-state index is 0.0267. The summed E-state index contributed by atoms with van der Waals surface area (Å²) in [4.78, 5) is 26.2. The zero-order chi connectivity index (χ0) is 17.5. The molecule has 1 heterocycles. The Morgan fingerprint density at radius 1 is 1.33 bits per heavy atom. The third kappa shape index (κ3) is 5.44. The molecule has 0 aromatic heterocycles. The zero-order valence-corrected chi connectivity index (χ0v) is 14.5. The van der Waals surface area contributed by atoms with Gasteiger partial charge in [0.25, 0.3) is 0 Å². The summed E-state index contributed by atoms with van der Waals surface area (Å²) in [5.41, 5.74) is 7.05. The maximum absolute atomic E-state index is 12.2. The van der Waals surface area contributed by atoms with Crippen LogP contribution >= 0.6 is 0 Å². The fourth-order valence-electron chi connectivity index (χ4n) is 2.89. The van der Waals surface area contributed by atoms with Gasteiger partial charge in [-0.15, -0.1) is 0 Å². The molecule has 0 radical (unpaired) electrons. The number of hydrogen-bond acceptors (Lipinski definition) is 3. The van der Waals surface area contributed by atoms with Crippen molar-refractivity contribution in [3.63, 3.8) is 0 Å². The van der Waals surface area contributed by atoms with Gasteiger partial charge in [0.1, 0.15) is 0 Å². The third-order valence-electron chi connectivity index (χ3n) is 4.18. The molecule has 3 amide bonds. The summed E-state index contributed by atoms with van der Waals surface area (Å²) in [6.45, 7) is 6.20. The second kappa shape index (κ2) is 8.57. The average molecular weight is 332 g/mol. The monoisotopic (exact) mass is 332 g/mol. The predicted molar refractivity (Wildman–Crippen MR) is 96.6 cm³/mol. The van der Waals surface area contributed by atoms with E-state index in [-0.39, 0.29) is 17.9 Å². The van der Waals surface area contributed by atoms with Crippen LogP contribution in [0.5, 0.6) is 0 Å². The fraction of sp³-hybridized carbons (Fsp3) is 0.556. The van der Waals surface area contributed by atoms with Crippen LogP contribution in [0.3, 0.4) is 0 Å². The Kier molecular flexibility index (Phi) is 6.46. The molecule has 132 valence electrons. The number of urea groups is 1. The molecule has 1 atom stereocenters. The molecule has 6 heteroatoms. The van der Waals surface area contributed by atoms with E-state index in [1.165, 1.54) is 0 Å². The highest BCUT2D eigenvalue weighted by molar-refractivity contribution is 5.93. The molecule has 0 saturated carbocycles. The van der Waals surface area contributed by atoms with Gasteiger partial charge >= 0.3 is 6.03 Å². The van der Waals surface area contributed by atoms with Gasteiger partial charge in [0.05, 0.1) is 11.4 Å². The van der Waals surface area contributed by atoms with Gasteiger partial charge in [-0.2, -0.15) is 0 Å². The van der Waals surface area contributed by atoms with Crippen molar-refractivity contribution in [2.75, 3.05) is 30.7 Å². The van der Waals surface area contributed by atoms with Crippen LogP contribution in [-0.2, 0) is 4.79 Å². The molecular weight excluding hydrogens is 304 g/mol. The second-order valence-electron chi connectivity index (χ2n) is 6.87. The summed E-state index contributed by atoms with van der Waals surface area (Å²) in [6, 6.07) is 7.20. The average Bonchev–Trinajstić information content (AvgIpc) is 2.55. The number of rotatable bonds is 5. The van der Waals surface area contributed by atoms with Crippen molar-refractivity contribution in [2.24, 2.45) is 11.8 Å². The zero-order valence-electron chi connectivity index (χ0n) is 14.5. The van der Waals surface area contributed by atoms with E-state index in [9.17, 15) is 9.59 Å². The molecule has 1 aromatic rings. The van der Waals surface area contributed by atoms with Crippen LogP contribution in [-0.4, -0.2) is 36.5 Å². The Balaban J connectivity index is 1.83. The number of nitrogen functional groups attached to an aromatic ring is 1. The van der Waals surface area contributed by atoms with E-state index in [2.05, 4.69) is 24.5 Å². The maximum atomic E-state index is 12.2. The first-order valence-electron chi connectivity index (χ1n) is 8.63. The maximum Gasteiger partial charge on any atom is 0.317 e. The number of piperidine rings is 1. The third-order valence-corrected chi connectivity index (χ3v) is 4.18. The van der Waals surface area contributed by atoms with Crippen molar-refractivity contribution in [1.29, 1.82) is 0 Å². The molecule has 1 aliphatic heterocycles. The van der Waals surface area contributed by atoms with E-state index in [0.29, 0.717) is 36.8 Å². The first-order chi connectivity index (χ1) is 11.5. The molecule has 0 bridgehead atoms. The van der Waals surface area contributed by atoms with Gasteiger partial charge in [-0.1, -0.05) is 26.0 Å². The van der Waals surface area contributed by atoms with Gasteiger partial charge in [-0.25, -0.2) is 4.79 Å². The van der Waals surface area contributed by atoms with E-state index < -0.39 is 0 Å². The lowest BCUT2D eigenvalue weighted by molar-refractivity contribution is -0.117. The SMILES string of the molecule is CC(C)CNC(=O)N1CCCC(CC(=O)Nc2ccccc2N)C1. The van der Waals surface area contributed by atoms with E-state index in [1.54, 1.807) is 12.1 Å². The van der Waals surface area contributed by atoms with Crippen molar-refractivity contribution in [3.8, 4) is 0 Å². The highest BCUT2D eigenvalue weighted by atomic mass is 16.2. The van der Waals surface area contributed by atoms with Crippen LogP contribution in [0.2, 0.25) is 0 Å². The van der Waals surface area contributed by atoms with Crippen molar-refractivity contribution < 1.29 is 9.59 Å². The van der Waals surface area contributed by atoms with Crippen LogP contribution in [0.25, 0.3) is 0 Å². The van der Waals surface area contributed by atoms with E-state index in [4.69, 9.17) is 5.73 Å². The van der Waals surface area contributed by atoms with Crippen molar-refractivity contribution in [3.05, 3.63) is 24.3 Å². The number of nitrogens with one attached hydrogen (secondary N) is 2. The molecule has 24 heavy (non-hydrogen) atoms. The molecule has 6 nitrogen and oxygen atoms in total. The molecule has 1 unspecified atom stereocenters. The fourth-order valence-corrected chi connectivity index (χ4v) is 2.89. The molecule has 4 N–H and O–H groups in total. The van der Waals surface area contributed by atoms with Gasteiger partial charge in [0.15, 0.2) is 0 Å². The smallest absolute Gasteiger partial charge is 0.317 e. The number of likely N-dealkylation sites (tertiary alicyclic amines) is 1. The molecule has 0 spiro atoms. The Labute approximate surface area is 143 Å². The largest absolute Gasteiger partial charge is 0.397 e. The normalized spacial score (nSPS) is 17.6. The van der Waals surface area contributed by atoms with Crippen LogP contribution < -0.4 is 16.4 Å². The number of hydrogen-bond donors (Lipinski definition) is 3. The van der Waals surface area contributed by atoms with E-state index in [0.717, 1.165) is 19.4 Å². The quantitative estimate of drug-likeness (QED) is 0.724. The lowest BCUT2D eigenvalue weighted by atomic mass is 9.94. The number of para-hydroxylation sites is 2.